The fourth-order valence-corrected chi connectivity index (χ4v) is 2.80. The highest BCUT2D eigenvalue weighted by Crippen LogP contribution is 2.34. The van der Waals surface area contributed by atoms with E-state index in [0.717, 1.165) is 16.5 Å². The maximum absolute atomic E-state index is 12.3. The van der Waals surface area contributed by atoms with Crippen molar-refractivity contribution in [1.82, 2.24) is 4.98 Å². The Bertz CT molecular complexity index is 1040. The van der Waals surface area contributed by atoms with Gasteiger partial charge in [0.25, 0.3) is 0 Å². The molecule has 3 nitrogen and oxygen atoms in total. The molecule has 1 aliphatic carbocycles. The third kappa shape index (κ3) is 1.74. The van der Waals surface area contributed by atoms with E-state index in [1.54, 1.807) is 6.07 Å². The molecule has 0 bridgehead atoms. The molecule has 0 aromatic heterocycles. The van der Waals surface area contributed by atoms with Crippen LogP contribution in [0.3, 0.4) is 0 Å². The van der Waals surface area contributed by atoms with E-state index in [4.69, 9.17) is 16.0 Å². The minimum atomic E-state index is -0.225. The van der Waals surface area contributed by atoms with Gasteiger partial charge in [-0.15, -0.1) is 0 Å². The number of hydrogen-bond acceptors (Lipinski definition) is 3. The van der Waals surface area contributed by atoms with Crippen LogP contribution in [0, 0.1) is 6.92 Å². The molecule has 2 aliphatic rings. The summed E-state index contributed by atoms with van der Waals surface area (Å²) in [6.07, 6.45) is 0. The van der Waals surface area contributed by atoms with Gasteiger partial charge in [-0.3, -0.25) is 4.79 Å². The number of fused-ring (bicyclic) bond motifs is 4. The van der Waals surface area contributed by atoms with Crippen LogP contribution in [0.15, 0.2) is 51.7 Å². The van der Waals surface area contributed by atoms with E-state index in [-0.39, 0.29) is 10.5 Å². The van der Waals surface area contributed by atoms with Crippen LogP contribution < -0.4 is 5.43 Å². The van der Waals surface area contributed by atoms with Crippen LogP contribution in [-0.4, -0.2) is 4.98 Å². The lowest BCUT2D eigenvalue weighted by Crippen LogP contribution is -2.06. The summed E-state index contributed by atoms with van der Waals surface area (Å²) in [5, 5.41) is 1.40. The van der Waals surface area contributed by atoms with Crippen molar-refractivity contribution in [3.05, 3.63) is 63.3 Å². The maximum Gasteiger partial charge on any atom is 0.208 e. The largest absolute Gasteiger partial charge is 0.451 e. The van der Waals surface area contributed by atoms with Gasteiger partial charge >= 0.3 is 0 Å². The third-order valence-corrected chi connectivity index (χ3v) is 3.94. The third-order valence-electron chi connectivity index (χ3n) is 3.60. The van der Waals surface area contributed by atoms with Gasteiger partial charge in [-0.25, -0.2) is 4.98 Å². The highest BCUT2D eigenvalue weighted by molar-refractivity contribution is 6.34. The number of hydrogen-bond donors (Lipinski definition) is 0. The van der Waals surface area contributed by atoms with Crippen molar-refractivity contribution in [2.24, 2.45) is 0 Å². The van der Waals surface area contributed by atoms with Gasteiger partial charge in [0, 0.05) is 10.8 Å². The molecule has 2 aromatic carbocycles. The predicted molar refractivity (Wildman–Crippen MR) is 84.2 cm³/mol. The van der Waals surface area contributed by atoms with Crippen molar-refractivity contribution in [3.8, 4) is 11.5 Å². The summed E-state index contributed by atoms with van der Waals surface area (Å²) in [7, 11) is 0. The van der Waals surface area contributed by atoms with Gasteiger partial charge in [-0.05, 0) is 24.6 Å². The number of nitrogens with zero attached hydrogens (tertiary/aromatic N) is 1. The summed E-state index contributed by atoms with van der Waals surface area (Å²) < 4.78 is 5.85. The number of aryl methyl sites for hydroxylation is 1. The van der Waals surface area contributed by atoms with Gasteiger partial charge in [0.1, 0.15) is 16.2 Å². The molecule has 0 spiro atoms. The summed E-state index contributed by atoms with van der Waals surface area (Å²) in [4.78, 5) is 17.0. The molecule has 0 N–H and O–H groups in total. The summed E-state index contributed by atoms with van der Waals surface area (Å²) >= 11 is 6.20. The molecule has 0 unspecified atom stereocenters. The molecular formula is C17H10ClNO2. The zero-order chi connectivity index (χ0) is 14.6. The van der Waals surface area contributed by atoms with E-state index in [1.807, 2.05) is 43.3 Å². The first-order valence-electron chi connectivity index (χ1n) is 6.56. The first kappa shape index (κ1) is 12.4. The van der Waals surface area contributed by atoms with E-state index < -0.39 is 0 Å². The predicted octanol–water partition coefficient (Wildman–Crippen LogP) is 4.41. The lowest BCUT2D eigenvalue weighted by Gasteiger charge is -2.11. The van der Waals surface area contributed by atoms with Crippen LogP contribution in [0.5, 0.6) is 0 Å². The average molecular weight is 296 g/mol. The van der Waals surface area contributed by atoms with E-state index in [2.05, 4.69) is 4.98 Å². The van der Waals surface area contributed by atoms with Crippen LogP contribution in [0.2, 0.25) is 5.02 Å². The lowest BCUT2D eigenvalue weighted by atomic mass is 10.0. The van der Waals surface area contributed by atoms with Crippen LogP contribution >= 0.6 is 11.6 Å². The second kappa shape index (κ2) is 4.30. The number of halogens is 1. The van der Waals surface area contributed by atoms with Crippen molar-refractivity contribution in [2.75, 3.05) is 0 Å². The number of benzene rings is 3. The molecule has 21 heavy (non-hydrogen) atoms. The Morgan fingerprint density at radius 1 is 1.10 bits per heavy atom. The second-order valence-corrected chi connectivity index (χ2v) is 5.43. The molecule has 0 atom stereocenters. The van der Waals surface area contributed by atoms with E-state index >= 15 is 0 Å². The quantitative estimate of drug-likeness (QED) is 0.356. The standard InChI is InChI=1S/C17H10ClNO2/c1-9-6-7-12-13(8-9)21-17-14(18)16(20)11-5-3-2-4-10(11)15(17)19-12/h2-8H,1H3. The minimum absolute atomic E-state index is 0.0830. The molecule has 4 heteroatoms. The van der Waals surface area contributed by atoms with Crippen molar-refractivity contribution < 1.29 is 4.42 Å². The molecule has 102 valence electrons. The monoisotopic (exact) mass is 295 g/mol. The SMILES string of the molecule is Cc1ccc2nc3c4ccccc4c(=O)c(Cl)c-3oc2c1. The van der Waals surface area contributed by atoms with Crippen molar-refractivity contribution in [1.29, 1.82) is 0 Å². The van der Waals surface area contributed by atoms with Crippen LogP contribution in [0.25, 0.3) is 33.3 Å². The summed E-state index contributed by atoms with van der Waals surface area (Å²) in [6, 6.07) is 13.1. The van der Waals surface area contributed by atoms with Crippen molar-refractivity contribution >= 4 is 33.5 Å². The highest BCUT2D eigenvalue weighted by Gasteiger charge is 2.20. The fourth-order valence-electron chi connectivity index (χ4n) is 2.57. The normalized spacial score (nSPS) is 11.5. The maximum atomic E-state index is 12.3. The van der Waals surface area contributed by atoms with Crippen LogP contribution in [0.4, 0.5) is 0 Å². The summed E-state index contributed by atoms with van der Waals surface area (Å²) in [6.45, 7) is 1.97. The van der Waals surface area contributed by atoms with Gasteiger partial charge < -0.3 is 4.42 Å². The van der Waals surface area contributed by atoms with E-state index in [1.165, 1.54) is 0 Å². The van der Waals surface area contributed by atoms with Gasteiger partial charge in [-0.1, -0.05) is 41.9 Å². The molecule has 0 saturated carbocycles. The molecular weight excluding hydrogens is 286 g/mol. The Morgan fingerprint density at radius 3 is 2.67 bits per heavy atom. The Morgan fingerprint density at radius 2 is 1.86 bits per heavy atom. The second-order valence-electron chi connectivity index (χ2n) is 5.05. The molecule has 0 radical (unpaired) electrons. The van der Waals surface area contributed by atoms with Gasteiger partial charge in [0.15, 0.2) is 11.3 Å². The molecule has 0 amide bonds. The van der Waals surface area contributed by atoms with E-state index in [0.29, 0.717) is 22.4 Å². The van der Waals surface area contributed by atoms with Gasteiger partial charge in [0.05, 0.1) is 0 Å². The van der Waals surface area contributed by atoms with Crippen molar-refractivity contribution in [3.63, 3.8) is 0 Å². The molecule has 1 aliphatic heterocycles. The molecule has 2 aromatic rings. The molecule has 4 rings (SSSR count). The minimum Gasteiger partial charge on any atom is -0.451 e. The topological polar surface area (TPSA) is 43.1 Å². The zero-order valence-electron chi connectivity index (χ0n) is 11.2. The number of aromatic nitrogens is 1. The Hall–Kier alpha value is -2.39. The summed E-state index contributed by atoms with van der Waals surface area (Å²) in [5.41, 5.74) is 2.82. The fraction of sp³-hybridized carbons (Fsp3) is 0.0588. The van der Waals surface area contributed by atoms with Crippen LogP contribution in [-0.2, 0) is 0 Å². The highest BCUT2D eigenvalue weighted by atomic mass is 35.5. The summed E-state index contributed by atoms with van der Waals surface area (Å²) in [5.74, 6) is 0.346. The average Bonchev–Trinajstić information content (AvgIpc) is 2.51. The van der Waals surface area contributed by atoms with E-state index in [9.17, 15) is 4.79 Å². The molecule has 1 heterocycles. The van der Waals surface area contributed by atoms with Gasteiger partial charge in [-0.2, -0.15) is 0 Å². The first-order chi connectivity index (χ1) is 10.1. The van der Waals surface area contributed by atoms with Gasteiger partial charge in [0.2, 0.25) is 5.43 Å². The molecule has 0 saturated heterocycles. The smallest absolute Gasteiger partial charge is 0.208 e. The first-order valence-corrected chi connectivity index (χ1v) is 6.94. The van der Waals surface area contributed by atoms with Crippen LogP contribution in [0.1, 0.15) is 5.56 Å². The zero-order valence-corrected chi connectivity index (χ0v) is 11.9. The Balaban J connectivity index is 2.30. The Labute approximate surface area is 125 Å². The molecule has 0 fully saturated rings. The Kier molecular flexibility index (Phi) is 2.53. The van der Waals surface area contributed by atoms with Crippen molar-refractivity contribution in [2.45, 2.75) is 6.92 Å². The number of rotatable bonds is 0. The lowest BCUT2D eigenvalue weighted by molar-refractivity contribution is 0.613.